The molecule has 0 unspecified atom stereocenters. The first kappa shape index (κ1) is 20.1. The average molecular weight is 420 g/mol. The molecule has 4 amide bonds. The van der Waals surface area contributed by atoms with Crippen molar-refractivity contribution >= 4 is 28.9 Å². The number of hydrogen-bond acceptors (Lipinski definition) is 5. The molecular formula is C22H20N4O5. The quantitative estimate of drug-likeness (QED) is 0.502. The van der Waals surface area contributed by atoms with Crippen molar-refractivity contribution in [3.63, 3.8) is 0 Å². The summed E-state index contributed by atoms with van der Waals surface area (Å²) in [5.74, 6) is -0.195. The van der Waals surface area contributed by atoms with E-state index in [1.165, 1.54) is 0 Å². The van der Waals surface area contributed by atoms with Crippen molar-refractivity contribution in [2.75, 3.05) is 6.54 Å². The maximum absolute atomic E-state index is 12.5. The van der Waals surface area contributed by atoms with Gasteiger partial charge >= 0.3 is 12.1 Å². The molecule has 9 heteroatoms. The van der Waals surface area contributed by atoms with E-state index in [-0.39, 0.29) is 6.54 Å². The van der Waals surface area contributed by atoms with Crippen molar-refractivity contribution in [1.82, 2.24) is 20.9 Å². The molecule has 0 spiro atoms. The summed E-state index contributed by atoms with van der Waals surface area (Å²) >= 11 is 0. The minimum Gasteiger partial charge on any atom is -0.489 e. The standard InChI is InChI=1S/C22H20N4O5/c1-13-10-14(17-4-2-3-5-18(17)24-13)11-31-16-8-6-15(7-9-16)22(26-21(29)30)12-23-20(28)25-19(22)27/h2-10,26H,11-12H2,1H3,(H,29,30)(H2,23,25,27,28)/t22-/m1/s1. The van der Waals surface area contributed by atoms with Gasteiger partial charge in [-0.2, -0.15) is 0 Å². The molecule has 1 fully saturated rings. The van der Waals surface area contributed by atoms with Crippen molar-refractivity contribution in [3.8, 4) is 5.75 Å². The number of urea groups is 1. The molecule has 2 heterocycles. The summed E-state index contributed by atoms with van der Waals surface area (Å²) in [7, 11) is 0. The number of benzene rings is 2. The molecule has 0 aliphatic carbocycles. The number of carbonyl (C=O) groups excluding carboxylic acids is 2. The van der Waals surface area contributed by atoms with Gasteiger partial charge in [-0.25, -0.2) is 9.59 Å². The Balaban J connectivity index is 1.56. The Morgan fingerprint density at radius 2 is 1.94 bits per heavy atom. The molecule has 9 nitrogen and oxygen atoms in total. The predicted octanol–water partition coefficient (Wildman–Crippen LogP) is 2.42. The van der Waals surface area contributed by atoms with Gasteiger partial charge in [-0.15, -0.1) is 0 Å². The molecule has 3 aromatic rings. The second-order valence-electron chi connectivity index (χ2n) is 7.23. The molecule has 4 rings (SSSR count). The van der Waals surface area contributed by atoms with Crippen LogP contribution in [0.15, 0.2) is 54.6 Å². The van der Waals surface area contributed by atoms with Gasteiger partial charge in [-0.05, 0) is 36.8 Å². The molecule has 1 atom stereocenters. The van der Waals surface area contributed by atoms with Gasteiger partial charge in [0.05, 0.1) is 12.1 Å². The van der Waals surface area contributed by atoms with Crippen molar-refractivity contribution in [2.24, 2.45) is 0 Å². The Hall–Kier alpha value is -4.14. The third-order valence-corrected chi connectivity index (χ3v) is 5.12. The van der Waals surface area contributed by atoms with E-state index >= 15 is 0 Å². The lowest BCUT2D eigenvalue weighted by atomic mass is 9.87. The summed E-state index contributed by atoms with van der Waals surface area (Å²) in [5.41, 5.74) is 1.52. The van der Waals surface area contributed by atoms with Crippen LogP contribution in [0.25, 0.3) is 10.9 Å². The van der Waals surface area contributed by atoms with E-state index in [0.29, 0.717) is 17.9 Å². The van der Waals surface area contributed by atoms with E-state index in [0.717, 1.165) is 22.2 Å². The molecular weight excluding hydrogens is 400 g/mol. The van der Waals surface area contributed by atoms with Crippen LogP contribution in [0.2, 0.25) is 0 Å². The fraction of sp³-hybridized carbons (Fsp3) is 0.182. The van der Waals surface area contributed by atoms with Gasteiger partial charge in [0, 0.05) is 16.6 Å². The van der Waals surface area contributed by atoms with Crippen molar-refractivity contribution in [3.05, 3.63) is 71.4 Å². The number of carbonyl (C=O) groups is 3. The topological polar surface area (TPSA) is 130 Å². The van der Waals surface area contributed by atoms with Gasteiger partial charge in [-0.3, -0.25) is 15.1 Å². The molecule has 0 saturated carbocycles. The van der Waals surface area contributed by atoms with Crippen LogP contribution in [0.5, 0.6) is 5.75 Å². The number of nitrogens with zero attached hydrogens (tertiary/aromatic N) is 1. The molecule has 4 N–H and O–H groups in total. The molecule has 1 aliphatic rings. The normalized spacial score (nSPS) is 18.2. The summed E-state index contributed by atoms with van der Waals surface area (Å²) in [5, 5.41) is 17.0. The van der Waals surface area contributed by atoms with Gasteiger partial charge in [-0.1, -0.05) is 30.3 Å². The van der Waals surface area contributed by atoms with Crippen LogP contribution in [0, 0.1) is 6.92 Å². The second kappa shape index (κ2) is 7.94. The first-order chi connectivity index (χ1) is 14.9. The van der Waals surface area contributed by atoms with Crippen LogP contribution in [0.3, 0.4) is 0 Å². The highest BCUT2D eigenvalue weighted by Gasteiger charge is 2.46. The monoisotopic (exact) mass is 420 g/mol. The van der Waals surface area contributed by atoms with Crippen LogP contribution < -0.4 is 20.7 Å². The Labute approximate surface area is 177 Å². The number of fused-ring (bicyclic) bond motifs is 1. The lowest BCUT2D eigenvalue weighted by Gasteiger charge is -2.35. The number of para-hydroxylation sites is 1. The third kappa shape index (κ3) is 3.97. The molecule has 31 heavy (non-hydrogen) atoms. The van der Waals surface area contributed by atoms with Crippen LogP contribution in [0.4, 0.5) is 9.59 Å². The fourth-order valence-electron chi connectivity index (χ4n) is 3.65. The van der Waals surface area contributed by atoms with Gasteiger partial charge < -0.3 is 20.5 Å². The summed E-state index contributed by atoms with van der Waals surface area (Å²) in [6, 6.07) is 15.6. The lowest BCUT2D eigenvalue weighted by molar-refractivity contribution is -0.127. The van der Waals surface area contributed by atoms with E-state index < -0.39 is 23.6 Å². The van der Waals surface area contributed by atoms with Crippen molar-refractivity contribution in [2.45, 2.75) is 19.1 Å². The number of nitrogens with one attached hydrogen (secondary N) is 3. The predicted molar refractivity (Wildman–Crippen MR) is 112 cm³/mol. The average Bonchev–Trinajstić information content (AvgIpc) is 2.74. The molecule has 0 radical (unpaired) electrons. The number of pyridine rings is 1. The van der Waals surface area contributed by atoms with E-state index in [1.807, 2.05) is 37.3 Å². The fourth-order valence-corrected chi connectivity index (χ4v) is 3.65. The first-order valence-corrected chi connectivity index (χ1v) is 9.56. The number of carboxylic acid groups (broad SMARTS) is 1. The summed E-state index contributed by atoms with van der Waals surface area (Å²) in [6.07, 6.45) is -1.38. The number of imide groups is 1. The van der Waals surface area contributed by atoms with Crippen LogP contribution in [-0.4, -0.2) is 34.7 Å². The van der Waals surface area contributed by atoms with Crippen molar-refractivity contribution in [1.29, 1.82) is 0 Å². The highest BCUT2D eigenvalue weighted by Crippen LogP contribution is 2.26. The largest absolute Gasteiger partial charge is 0.489 e. The van der Waals surface area contributed by atoms with E-state index in [9.17, 15) is 19.5 Å². The summed E-state index contributed by atoms with van der Waals surface area (Å²) < 4.78 is 5.92. The first-order valence-electron chi connectivity index (χ1n) is 9.56. The Morgan fingerprint density at radius 1 is 1.19 bits per heavy atom. The SMILES string of the molecule is Cc1cc(COc2ccc([C@]3(NC(=O)O)CNC(=O)NC3=O)cc2)c2ccccc2n1. The zero-order valence-electron chi connectivity index (χ0n) is 16.6. The maximum atomic E-state index is 12.5. The Kier molecular flexibility index (Phi) is 5.16. The zero-order chi connectivity index (χ0) is 22.0. The number of rotatable bonds is 5. The smallest absolute Gasteiger partial charge is 0.405 e. The van der Waals surface area contributed by atoms with E-state index in [4.69, 9.17) is 4.74 Å². The van der Waals surface area contributed by atoms with Crippen molar-refractivity contribution < 1.29 is 24.2 Å². The number of ether oxygens (including phenoxy) is 1. The van der Waals surface area contributed by atoms with Gasteiger partial charge in [0.2, 0.25) is 0 Å². The molecule has 2 aromatic carbocycles. The van der Waals surface area contributed by atoms with Gasteiger partial charge in [0.15, 0.2) is 5.54 Å². The van der Waals surface area contributed by atoms with Gasteiger partial charge in [0.25, 0.3) is 5.91 Å². The minimum atomic E-state index is -1.63. The Morgan fingerprint density at radius 3 is 2.65 bits per heavy atom. The molecule has 0 bridgehead atoms. The number of aromatic nitrogens is 1. The molecule has 1 saturated heterocycles. The number of hydrogen-bond donors (Lipinski definition) is 4. The number of aryl methyl sites for hydroxylation is 1. The highest BCUT2D eigenvalue weighted by molar-refractivity contribution is 6.04. The highest BCUT2D eigenvalue weighted by atomic mass is 16.5. The minimum absolute atomic E-state index is 0.202. The maximum Gasteiger partial charge on any atom is 0.405 e. The van der Waals surface area contributed by atoms with Crippen LogP contribution >= 0.6 is 0 Å². The number of amides is 4. The molecule has 158 valence electrons. The summed E-state index contributed by atoms with van der Waals surface area (Å²) in [4.78, 5) is 39.7. The molecule has 1 aliphatic heterocycles. The van der Waals surface area contributed by atoms with Crippen LogP contribution in [-0.2, 0) is 16.9 Å². The van der Waals surface area contributed by atoms with E-state index in [2.05, 4.69) is 20.9 Å². The second-order valence-corrected chi connectivity index (χ2v) is 7.23. The van der Waals surface area contributed by atoms with E-state index in [1.54, 1.807) is 24.3 Å². The molecule has 1 aromatic heterocycles. The third-order valence-electron chi connectivity index (χ3n) is 5.12. The van der Waals surface area contributed by atoms with Crippen LogP contribution in [0.1, 0.15) is 16.8 Å². The summed E-state index contributed by atoms with van der Waals surface area (Å²) in [6.45, 7) is 2.04. The zero-order valence-corrected chi connectivity index (χ0v) is 16.6. The Bertz CT molecular complexity index is 1180. The lowest BCUT2D eigenvalue weighted by Crippen LogP contribution is -2.67. The van der Waals surface area contributed by atoms with Gasteiger partial charge in [0.1, 0.15) is 12.4 Å².